The zero-order valence-electron chi connectivity index (χ0n) is 48.9. The van der Waals surface area contributed by atoms with Crippen LogP contribution in [0.15, 0.2) is 48.6 Å². The van der Waals surface area contributed by atoms with E-state index in [2.05, 4.69) is 55.6 Å². The molecule has 0 aliphatic carbocycles. The summed E-state index contributed by atoms with van der Waals surface area (Å²) >= 11 is 0. The van der Waals surface area contributed by atoms with E-state index >= 15 is 0 Å². The van der Waals surface area contributed by atoms with Crippen molar-refractivity contribution < 1.29 is 24.5 Å². The molecule has 0 heterocycles. The first-order valence-electron chi connectivity index (χ1n) is 32.4. The number of carbonyl (C=O) groups is 2. The molecule has 0 aliphatic rings. The van der Waals surface area contributed by atoms with E-state index < -0.39 is 12.1 Å². The number of aliphatic hydroxyl groups is 2. The topological polar surface area (TPSA) is 95.9 Å². The molecule has 0 saturated heterocycles. The molecule has 0 saturated carbocycles. The largest absolute Gasteiger partial charge is 0.466 e. The molecule has 0 aromatic heterocycles. The highest BCUT2D eigenvalue weighted by molar-refractivity contribution is 5.76. The van der Waals surface area contributed by atoms with Crippen LogP contribution in [0.2, 0.25) is 0 Å². The monoisotopic (exact) mass is 1020 g/mol. The summed E-state index contributed by atoms with van der Waals surface area (Å²) in [6.07, 6.45) is 80.4. The van der Waals surface area contributed by atoms with Crippen LogP contribution in [0.25, 0.3) is 0 Å². The molecule has 0 aromatic rings. The van der Waals surface area contributed by atoms with Crippen LogP contribution in [0, 0.1) is 0 Å². The fourth-order valence-corrected chi connectivity index (χ4v) is 9.84. The molecular formula is C67H125NO5. The second-order valence-corrected chi connectivity index (χ2v) is 22.1. The van der Waals surface area contributed by atoms with Crippen molar-refractivity contribution >= 4 is 11.9 Å². The third-order valence-electron chi connectivity index (χ3n) is 14.8. The van der Waals surface area contributed by atoms with Crippen LogP contribution in [-0.4, -0.2) is 47.4 Å². The Hall–Kier alpha value is -2.18. The van der Waals surface area contributed by atoms with Crippen LogP contribution >= 0.6 is 0 Å². The molecule has 0 fully saturated rings. The second kappa shape index (κ2) is 62.4. The SMILES string of the molecule is CCCCC/C=C\C/C=C\CCCCCCCCCCCC(=O)OCCCCCCCCCCCCCC/C=C\CCCCCCCCCCCCCCC(=O)NC(CO)C(O)/C=C/CCCCCCCCC. The number of rotatable bonds is 60. The van der Waals surface area contributed by atoms with Crippen LogP contribution in [-0.2, 0) is 14.3 Å². The van der Waals surface area contributed by atoms with E-state index in [0.717, 1.165) is 51.4 Å². The van der Waals surface area contributed by atoms with Gasteiger partial charge in [-0.25, -0.2) is 0 Å². The van der Waals surface area contributed by atoms with Crippen LogP contribution < -0.4 is 5.32 Å². The van der Waals surface area contributed by atoms with Gasteiger partial charge in [0.2, 0.25) is 5.91 Å². The van der Waals surface area contributed by atoms with Gasteiger partial charge in [0.05, 0.1) is 25.4 Å². The van der Waals surface area contributed by atoms with E-state index in [0.29, 0.717) is 19.4 Å². The minimum atomic E-state index is -0.842. The lowest BCUT2D eigenvalue weighted by Crippen LogP contribution is -2.45. The fourth-order valence-electron chi connectivity index (χ4n) is 9.84. The quantitative estimate of drug-likeness (QED) is 0.0320. The number of amides is 1. The van der Waals surface area contributed by atoms with Crippen LogP contribution in [0.1, 0.15) is 341 Å². The maximum absolute atomic E-state index is 12.4. The van der Waals surface area contributed by atoms with Gasteiger partial charge in [0.15, 0.2) is 0 Å². The van der Waals surface area contributed by atoms with Crippen molar-refractivity contribution in [3.8, 4) is 0 Å². The molecule has 428 valence electrons. The Morgan fingerprint density at radius 3 is 1.08 bits per heavy atom. The average Bonchev–Trinajstić information content (AvgIpc) is 3.39. The van der Waals surface area contributed by atoms with Gasteiger partial charge in [-0.1, -0.05) is 287 Å². The Labute approximate surface area is 455 Å². The van der Waals surface area contributed by atoms with Crippen molar-refractivity contribution in [2.45, 2.75) is 353 Å². The summed E-state index contributed by atoms with van der Waals surface area (Å²) in [5.41, 5.74) is 0. The molecule has 0 rings (SSSR count). The smallest absolute Gasteiger partial charge is 0.305 e. The van der Waals surface area contributed by atoms with Crippen molar-refractivity contribution in [3.63, 3.8) is 0 Å². The van der Waals surface area contributed by atoms with Gasteiger partial charge in [-0.05, 0) is 89.9 Å². The van der Waals surface area contributed by atoms with Gasteiger partial charge in [0, 0.05) is 12.8 Å². The zero-order chi connectivity index (χ0) is 52.9. The molecule has 6 heteroatoms. The summed E-state index contributed by atoms with van der Waals surface area (Å²) in [5.74, 6) is -0.0590. The molecule has 2 unspecified atom stereocenters. The molecule has 1 amide bonds. The lowest BCUT2D eigenvalue weighted by atomic mass is 10.0. The Kier molecular flexibility index (Phi) is 60.5. The molecule has 0 radical (unpaired) electrons. The van der Waals surface area contributed by atoms with Crippen molar-refractivity contribution in [3.05, 3.63) is 48.6 Å². The first-order chi connectivity index (χ1) is 36.0. The van der Waals surface area contributed by atoms with Gasteiger partial charge >= 0.3 is 5.97 Å². The Bertz CT molecular complexity index is 1230. The van der Waals surface area contributed by atoms with E-state index in [9.17, 15) is 19.8 Å². The second-order valence-electron chi connectivity index (χ2n) is 22.1. The molecule has 0 bridgehead atoms. The van der Waals surface area contributed by atoms with Crippen molar-refractivity contribution in [2.24, 2.45) is 0 Å². The lowest BCUT2D eigenvalue weighted by molar-refractivity contribution is -0.143. The average molecular weight is 1020 g/mol. The number of ether oxygens (including phenoxy) is 1. The van der Waals surface area contributed by atoms with Gasteiger partial charge in [-0.3, -0.25) is 9.59 Å². The van der Waals surface area contributed by atoms with Gasteiger partial charge in [-0.15, -0.1) is 0 Å². The van der Waals surface area contributed by atoms with E-state index in [4.69, 9.17) is 4.74 Å². The summed E-state index contributed by atoms with van der Waals surface area (Å²) in [7, 11) is 0. The van der Waals surface area contributed by atoms with Gasteiger partial charge in [0.25, 0.3) is 0 Å². The summed E-state index contributed by atoms with van der Waals surface area (Å²) in [4.78, 5) is 24.5. The first kappa shape index (κ1) is 70.8. The molecule has 73 heavy (non-hydrogen) atoms. The minimum absolute atomic E-state index is 0.0114. The summed E-state index contributed by atoms with van der Waals surface area (Å²) < 4.78 is 5.50. The van der Waals surface area contributed by atoms with E-state index in [1.54, 1.807) is 6.08 Å². The van der Waals surface area contributed by atoms with Crippen LogP contribution in [0.5, 0.6) is 0 Å². The molecule has 0 aromatic carbocycles. The van der Waals surface area contributed by atoms with Gasteiger partial charge < -0.3 is 20.3 Å². The van der Waals surface area contributed by atoms with E-state index in [1.165, 1.54) is 263 Å². The number of esters is 1. The van der Waals surface area contributed by atoms with E-state index in [-0.39, 0.29) is 18.5 Å². The number of hydrogen-bond acceptors (Lipinski definition) is 5. The number of hydrogen-bond donors (Lipinski definition) is 3. The predicted octanol–water partition coefficient (Wildman–Crippen LogP) is 20.5. The van der Waals surface area contributed by atoms with Crippen molar-refractivity contribution in [1.29, 1.82) is 0 Å². The Balaban J connectivity index is 3.35. The van der Waals surface area contributed by atoms with Gasteiger partial charge in [0.1, 0.15) is 0 Å². The van der Waals surface area contributed by atoms with Crippen molar-refractivity contribution in [2.75, 3.05) is 13.2 Å². The molecule has 3 N–H and O–H groups in total. The highest BCUT2D eigenvalue weighted by Gasteiger charge is 2.18. The van der Waals surface area contributed by atoms with Gasteiger partial charge in [-0.2, -0.15) is 0 Å². The fraction of sp³-hybridized carbons (Fsp3) is 0.851. The normalized spacial score (nSPS) is 12.9. The molecule has 0 spiro atoms. The molecule has 0 aliphatic heterocycles. The summed E-state index contributed by atoms with van der Waals surface area (Å²) in [6, 6.07) is -0.626. The maximum atomic E-state index is 12.4. The zero-order valence-corrected chi connectivity index (χ0v) is 48.9. The lowest BCUT2D eigenvalue weighted by Gasteiger charge is -2.20. The summed E-state index contributed by atoms with van der Waals surface area (Å²) in [5, 5.41) is 23.0. The standard InChI is InChI=1S/C67H125NO5/c1-3-5-7-9-11-13-14-15-16-17-28-32-35-38-41-45-49-53-57-61-67(72)73-62-58-54-50-46-42-39-36-33-30-27-25-23-21-19-18-20-22-24-26-29-31-34-37-40-44-48-52-56-60-66(71)68-64(63-69)65(70)59-55-51-47-43-12-10-8-6-4-2/h11,13,15-16,18-19,55,59,64-65,69-70H,3-10,12,14,17,20-54,56-58,60-63H2,1-2H3,(H,68,71)/b13-11-,16-15-,19-18-,59-55+. The first-order valence-corrected chi connectivity index (χ1v) is 32.4. The number of carbonyl (C=O) groups excluding carboxylic acids is 2. The van der Waals surface area contributed by atoms with Crippen LogP contribution in [0.4, 0.5) is 0 Å². The molecule has 2 atom stereocenters. The van der Waals surface area contributed by atoms with Crippen molar-refractivity contribution in [1.82, 2.24) is 5.32 Å². The Morgan fingerprint density at radius 2 is 0.685 bits per heavy atom. The summed E-state index contributed by atoms with van der Waals surface area (Å²) in [6.45, 7) is 4.86. The molecular weight excluding hydrogens is 899 g/mol. The Morgan fingerprint density at radius 1 is 0.384 bits per heavy atom. The number of unbranched alkanes of at least 4 members (excludes halogenated alkanes) is 43. The highest BCUT2D eigenvalue weighted by atomic mass is 16.5. The third-order valence-corrected chi connectivity index (χ3v) is 14.8. The van der Waals surface area contributed by atoms with E-state index in [1.807, 2.05) is 6.08 Å². The number of nitrogens with one attached hydrogen (secondary N) is 1. The maximum Gasteiger partial charge on any atom is 0.305 e. The predicted molar refractivity (Wildman–Crippen MR) is 319 cm³/mol. The number of aliphatic hydroxyl groups excluding tert-OH is 2. The highest BCUT2D eigenvalue weighted by Crippen LogP contribution is 2.17. The third kappa shape index (κ3) is 58.9. The molecule has 6 nitrogen and oxygen atoms in total. The van der Waals surface area contributed by atoms with Crippen LogP contribution in [0.3, 0.4) is 0 Å². The minimum Gasteiger partial charge on any atom is -0.466 e. The number of allylic oxidation sites excluding steroid dienone is 7.